The normalized spacial score (nSPS) is 15.3. The van der Waals surface area contributed by atoms with E-state index >= 15 is 0 Å². The fraction of sp³-hybridized carbons (Fsp3) is 0.360. The summed E-state index contributed by atoms with van der Waals surface area (Å²) in [6.45, 7) is 2.86. The SMILES string of the molecule is O=c1[nH]cccc1CN1CCC(CCc2cccn(Cc3ccccc3F)c2=O)CC1. The third-order valence-electron chi connectivity index (χ3n) is 6.22. The van der Waals surface area contributed by atoms with Crippen molar-refractivity contribution in [1.82, 2.24) is 14.5 Å². The van der Waals surface area contributed by atoms with Gasteiger partial charge in [-0.25, -0.2) is 4.39 Å². The van der Waals surface area contributed by atoms with Crippen molar-refractivity contribution < 1.29 is 4.39 Å². The van der Waals surface area contributed by atoms with Crippen LogP contribution in [0, 0.1) is 11.7 Å². The highest BCUT2D eigenvalue weighted by Gasteiger charge is 2.20. The van der Waals surface area contributed by atoms with E-state index in [2.05, 4.69) is 9.88 Å². The lowest BCUT2D eigenvalue weighted by molar-refractivity contribution is 0.172. The van der Waals surface area contributed by atoms with E-state index in [1.54, 1.807) is 35.2 Å². The molecule has 5 nitrogen and oxygen atoms in total. The number of hydrogen-bond acceptors (Lipinski definition) is 3. The molecule has 0 amide bonds. The molecule has 0 bridgehead atoms. The van der Waals surface area contributed by atoms with Crippen LogP contribution in [0.5, 0.6) is 0 Å². The number of piperidine rings is 1. The van der Waals surface area contributed by atoms with Crippen molar-refractivity contribution in [2.75, 3.05) is 13.1 Å². The molecule has 0 spiro atoms. The fourth-order valence-corrected chi connectivity index (χ4v) is 4.33. The molecule has 1 saturated heterocycles. The number of pyridine rings is 2. The Balaban J connectivity index is 1.31. The quantitative estimate of drug-likeness (QED) is 0.635. The average Bonchev–Trinajstić information content (AvgIpc) is 2.78. The number of aromatic nitrogens is 2. The second-order valence-corrected chi connectivity index (χ2v) is 8.34. The molecule has 0 unspecified atom stereocenters. The van der Waals surface area contributed by atoms with Gasteiger partial charge in [0.05, 0.1) is 6.54 Å². The van der Waals surface area contributed by atoms with Crippen LogP contribution < -0.4 is 11.1 Å². The lowest BCUT2D eigenvalue weighted by atomic mass is 9.90. The smallest absolute Gasteiger partial charge is 0.254 e. The molecule has 31 heavy (non-hydrogen) atoms. The van der Waals surface area contributed by atoms with Gasteiger partial charge in [-0.15, -0.1) is 0 Å². The van der Waals surface area contributed by atoms with Crippen molar-refractivity contribution in [3.05, 3.63) is 104 Å². The Morgan fingerprint density at radius 2 is 1.65 bits per heavy atom. The molecule has 3 heterocycles. The second kappa shape index (κ2) is 9.88. The predicted octanol–water partition coefficient (Wildman–Crippen LogP) is 3.57. The van der Waals surface area contributed by atoms with Crippen molar-refractivity contribution >= 4 is 0 Å². The van der Waals surface area contributed by atoms with E-state index in [0.29, 0.717) is 18.0 Å². The minimum atomic E-state index is -0.288. The van der Waals surface area contributed by atoms with Crippen LogP contribution in [0.1, 0.15) is 36.0 Å². The summed E-state index contributed by atoms with van der Waals surface area (Å²) < 4.78 is 15.5. The zero-order valence-electron chi connectivity index (χ0n) is 17.6. The van der Waals surface area contributed by atoms with Crippen molar-refractivity contribution in [1.29, 1.82) is 0 Å². The van der Waals surface area contributed by atoms with Crippen molar-refractivity contribution in [2.45, 2.75) is 38.8 Å². The molecular formula is C25H28FN3O2. The van der Waals surface area contributed by atoms with Gasteiger partial charge in [-0.05, 0) is 62.9 Å². The molecule has 0 saturated carbocycles. The third-order valence-corrected chi connectivity index (χ3v) is 6.22. The largest absolute Gasteiger partial charge is 0.329 e. The number of benzene rings is 1. The summed E-state index contributed by atoms with van der Waals surface area (Å²) in [4.78, 5) is 29.8. The summed E-state index contributed by atoms with van der Waals surface area (Å²) in [5.74, 6) is 0.286. The van der Waals surface area contributed by atoms with E-state index < -0.39 is 0 Å². The van der Waals surface area contributed by atoms with Gasteiger partial charge >= 0.3 is 0 Å². The van der Waals surface area contributed by atoms with Crippen molar-refractivity contribution in [3.63, 3.8) is 0 Å². The van der Waals surface area contributed by atoms with E-state index in [1.165, 1.54) is 6.07 Å². The number of rotatable bonds is 7. The number of aryl methyl sites for hydroxylation is 1. The van der Waals surface area contributed by atoms with Crippen LogP contribution in [-0.4, -0.2) is 27.5 Å². The number of halogens is 1. The van der Waals surface area contributed by atoms with E-state index in [1.807, 2.05) is 24.3 Å². The van der Waals surface area contributed by atoms with Gasteiger partial charge in [-0.1, -0.05) is 30.3 Å². The summed E-state index contributed by atoms with van der Waals surface area (Å²) in [7, 11) is 0. The molecule has 1 aliphatic heterocycles. The number of nitrogens with zero attached hydrogens (tertiary/aromatic N) is 2. The number of hydrogen-bond donors (Lipinski definition) is 1. The van der Waals surface area contributed by atoms with Crippen LogP contribution >= 0.6 is 0 Å². The van der Waals surface area contributed by atoms with Crippen LogP contribution in [0.4, 0.5) is 4.39 Å². The van der Waals surface area contributed by atoms with E-state index in [-0.39, 0.29) is 23.5 Å². The maximum Gasteiger partial charge on any atom is 0.254 e. The molecule has 1 aliphatic rings. The second-order valence-electron chi connectivity index (χ2n) is 8.34. The van der Waals surface area contributed by atoms with E-state index in [0.717, 1.165) is 49.9 Å². The van der Waals surface area contributed by atoms with E-state index in [9.17, 15) is 14.0 Å². The molecular weight excluding hydrogens is 393 g/mol. The molecule has 0 aliphatic carbocycles. The third kappa shape index (κ3) is 5.39. The maximum absolute atomic E-state index is 14.0. The first kappa shape index (κ1) is 21.2. The minimum Gasteiger partial charge on any atom is -0.329 e. The van der Waals surface area contributed by atoms with Gasteiger partial charge in [0.1, 0.15) is 5.82 Å². The molecule has 6 heteroatoms. The van der Waals surface area contributed by atoms with Crippen LogP contribution in [0.2, 0.25) is 0 Å². The summed E-state index contributed by atoms with van der Waals surface area (Å²) >= 11 is 0. The highest BCUT2D eigenvalue weighted by Crippen LogP contribution is 2.22. The maximum atomic E-state index is 14.0. The number of aromatic amines is 1. The molecule has 2 aromatic heterocycles. The van der Waals surface area contributed by atoms with Gasteiger partial charge in [-0.3, -0.25) is 14.5 Å². The zero-order valence-corrected chi connectivity index (χ0v) is 17.6. The summed E-state index contributed by atoms with van der Waals surface area (Å²) in [6.07, 6.45) is 7.23. The lowest BCUT2D eigenvalue weighted by Gasteiger charge is -2.31. The van der Waals surface area contributed by atoms with Gasteiger partial charge in [0.15, 0.2) is 0 Å². The zero-order chi connectivity index (χ0) is 21.6. The summed E-state index contributed by atoms with van der Waals surface area (Å²) in [6, 6.07) is 14.1. The van der Waals surface area contributed by atoms with Gasteiger partial charge in [0.2, 0.25) is 0 Å². The Labute approximate surface area is 181 Å². The summed E-state index contributed by atoms with van der Waals surface area (Å²) in [5, 5.41) is 0. The van der Waals surface area contributed by atoms with Crippen molar-refractivity contribution in [2.24, 2.45) is 5.92 Å². The first-order chi connectivity index (χ1) is 15.1. The van der Waals surface area contributed by atoms with Crippen LogP contribution in [-0.2, 0) is 19.5 Å². The van der Waals surface area contributed by atoms with Gasteiger partial charge in [-0.2, -0.15) is 0 Å². The molecule has 0 radical (unpaired) electrons. The molecule has 1 fully saturated rings. The molecule has 4 rings (SSSR count). The highest BCUT2D eigenvalue weighted by molar-refractivity contribution is 5.19. The topological polar surface area (TPSA) is 58.1 Å². The highest BCUT2D eigenvalue weighted by atomic mass is 19.1. The lowest BCUT2D eigenvalue weighted by Crippen LogP contribution is -2.35. The molecule has 3 aromatic rings. The minimum absolute atomic E-state index is 0.0136. The average molecular weight is 422 g/mol. The molecule has 0 atom stereocenters. The number of likely N-dealkylation sites (tertiary alicyclic amines) is 1. The first-order valence-corrected chi connectivity index (χ1v) is 10.9. The fourth-order valence-electron chi connectivity index (χ4n) is 4.33. The Kier molecular flexibility index (Phi) is 6.77. The monoisotopic (exact) mass is 421 g/mol. The van der Waals surface area contributed by atoms with E-state index in [4.69, 9.17) is 0 Å². The Hall–Kier alpha value is -2.99. The standard InChI is InChI=1S/C25H28FN3O2/c26-23-8-2-1-5-21(23)18-29-14-4-7-20(25(29)31)10-9-19-11-15-28(16-12-19)17-22-6-3-13-27-24(22)30/h1-8,13-14,19H,9-12,15-18H2,(H,27,30). The van der Waals surface area contributed by atoms with Gasteiger partial charge in [0, 0.05) is 35.6 Å². The van der Waals surface area contributed by atoms with Crippen LogP contribution in [0.25, 0.3) is 0 Å². The number of nitrogens with one attached hydrogen (secondary N) is 1. The van der Waals surface area contributed by atoms with Crippen LogP contribution in [0.15, 0.2) is 70.5 Å². The Morgan fingerprint density at radius 1 is 0.903 bits per heavy atom. The predicted molar refractivity (Wildman–Crippen MR) is 120 cm³/mol. The molecule has 162 valence electrons. The Bertz CT molecular complexity index is 1130. The van der Waals surface area contributed by atoms with Gasteiger partial charge < -0.3 is 9.55 Å². The number of H-pyrrole nitrogens is 1. The molecule has 1 N–H and O–H groups in total. The Morgan fingerprint density at radius 3 is 2.42 bits per heavy atom. The van der Waals surface area contributed by atoms with Crippen LogP contribution in [0.3, 0.4) is 0 Å². The first-order valence-electron chi connectivity index (χ1n) is 10.9. The van der Waals surface area contributed by atoms with Crippen molar-refractivity contribution in [3.8, 4) is 0 Å². The summed E-state index contributed by atoms with van der Waals surface area (Å²) in [5.41, 5.74) is 2.07. The molecule has 1 aromatic carbocycles. The van der Waals surface area contributed by atoms with Gasteiger partial charge in [0.25, 0.3) is 11.1 Å².